The lowest BCUT2D eigenvalue weighted by atomic mass is 10.1. The molecule has 0 atom stereocenters. The predicted octanol–water partition coefficient (Wildman–Crippen LogP) is 4.48. The van der Waals surface area contributed by atoms with Crippen molar-refractivity contribution in [2.45, 2.75) is 58.5 Å². The topological polar surface area (TPSA) is 37.4 Å². The maximum atomic E-state index is 13.7. The van der Waals surface area contributed by atoms with E-state index in [0.29, 0.717) is 18.1 Å². The van der Waals surface area contributed by atoms with Crippen LogP contribution in [0.3, 0.4) is 0 Å². The number of rotatable bonds is 11. The molecule has 38 heavy (non-hydrogen) atoms. The first kappa shape index (κ1) is 32.8. The summed E-state index contributed by atoms with van der Waals surface area (Å²) in [5.41, 5.74) is 7.11. The molecular formula is C30H39BrCl2N2O2S. The number of hydrogen-bond acceptors (Lipinski definition) is 2. The summed E-state index contributed by atoms with van der Waals surface area (Å²) in [5, 5.41) is 0.574. The summed E-state index contributed by atoms with van der Waals surface area (Å²) in [6, 6.07) is 17.4. The Bertz CT molecular complexity index is 1320. The van der Waals surface area contributed by atoms with Crippen molar-refractivity contribution in [1.29, 1.82) is 0 Å². The third-order valence-electron chi connectivity index (χ3n) is 6.48. The Balaban J connectivity index is 0.00000507. The highest BCUT2D eigenvalue weighted by Crippen LogP contribution is 2.28. The molecule has 0 unspecified atom stereocenters. The van der Waals surface area contributed by atoms with Crippen molar-refractivity contribution in [3.63, 3.8) is 0 Å². The molecule has 0 amide bonds. The molecule has 8 heteroatoms. The molecule has 0 saturated heterocycles. The molecule has 0 aliphatic carbocycles. The monoisotopic (exact) mass is 640 g/mol. The molecule has 0 aromatic heterocycles. The molecule has 3 aromatic rings. The van der Waals surface area contributed by atoms with Gasteiger partial charge in [-0.3, -0.25) is 0 Å². The predicted molar refractivity (Wildman–Crippen MR) is 156 cm³/mol. The van der Waals surface area contributed by atoms with Gasteiger partial charge in [0.25, 0.3) is 0 Å². The van der Waals surface area contributed by atoms with E-state index in [2.05, 4.69) is 52.2 Å². The molecule has 0 fully saturated rings. The minimum Gasteiger partial charge on any atom is -1.00 e. The van der Waals surface area contributed by atoms with E-state index in [-0.39, 0.29) is 26.9 Å². The average molecular weight is 643 g/mol. The molecular weight excluding hydrogens is 603 g/mol. The number of unbranched alkanes of at least 4 members (excludes halogenated alkanes) is 1. The summed E-state index contributed by atoms with van der Waals surface area (Å²) in [4.78, 5) is 0.164. The van der Waals surface area contributed by atoms with Gasteiger partial charge >= 0.3 is 0 Å². The third-order valence-corrected chi connectivity index (χ3v) is 9.06. The zero-order valence-corrected chi connectivity index (χ0v) is 27.1. The summed E-state index contributed by atoms with van der Waals surface area (Å²) >= 11 is 12.2. The third kappa shape index (κ3) is 9.35. The van der Waals surface area contributed by atoms with Crippen LogP contribution in [-0.4, -0.2) is 44.4 Å². The zero-order valence-electron chi connectivity index (χ0n) is 23.2. The van der Waals surface area contributed by atoms with Crippen molar-refractivity contribution >= 4 is 33.2 Å². The summed E-state index contributed by atoms with van der Waals surface area (Å²) < 4.78 is 29.8. The van der Waals surface area contributed by atoms with Crippen molar-refractivity contribution < 1.29 is 29.9 Å². The lowest BCUT2D eigenvalue weighted by Gasteiger charge is -2.31. The van der Waals surface area contributed by atoms with Crippen molar-refractivity contribution in [3.8, 4) is 0 Å². The maximum absolute atomic E-state index is 13.7. The maximum Gasteiger partial charge on any atom is 0.243 e. The molecule has 0 radical (unpaired) electrons. The first-order valence-corrected chi connectivity index (χ1v) is 14.9. The van der Waals surface area contributed by atoms with E-state index in [0.717, 1.165) is 47.1 Å². The van der Waals surface area contributed by atoms with Crippen LogP contribution in [0, 0.1) is 27.7 Å². The summed E-state index contributed by atoms with van der Waals surface area (Å²) in [6.07, 6.45) is 1.68. The van der Waals surface area contributed by atoms with Gasteiger partial charge in [0, 0.05) is 18.7 Å². The summed E-state index contributed by atoms with van der Waals surface area (Å²) in [5.74, 6) is 0. The molecule has 3 aromatic carbocycles. The van der Waals surface area contributed by atoms with Gasteiger partial charge in [0.05, 0.1) is 35.6 Å². The van der Waals surface area contributed by atoms with Gasteiger partial charge in [-0.05, 0) is 64.3 Å². The first-order chi connectivity index (χ1) is 17.2. The molecule has 0 heterocycles. The molecule has 0 saturated carbocycles. The number of quaternary nitrogens is 1. The second-order valence-electron chi connectivity index (χ2n) is 10.9. The SMILES string of the molecule is Cc1cc(C)cc(CN(CCCC[N+](C)(C)Cc2cc(C)cc(C)c2)S(=O)(=O)c2ccc(Cl)c(Cl)c2)c1.[Br-]. The van der Waals surface area contributed by atoms with Crippen molar-refractivity contribution in [2.24, 2.45) is 0 Å². The fourth-order valence-electron chi connectivity index (χ4n) is 5.00. The van der Waals surface area contributed by atoms with Crippen LogP contribution in [0.2, 0.25) is 10.0 Å². The molecule has 0 spiro atoms. The number of hydrogen-bond donors (Lipinski definition) is 0. The summed E-state index contributed by atoms with van der Waals surface area (Å²) in [6.45, 7) is 11.0. The Morgan fingerprint density at radius 3 is 1.79 bits per heavy atom. The van der Waals surface area contributed by atoms with Gasteiger partial charge < -0.3 is 21.5 Å². The summed E-state index contributed by atoms with van der Waals surface area (Å²) in [7, 11) is 0.714. The fraction of sp³-hybridized carbons (Fsp3) is 0.400. The molecule has 3 rings (SSSR count). The van der Waals surface area contributed by atoms with Crippen molar-refractivity contribution in [2.75, 3.05) is 27.2 Å². The van der Waals surface area contributed by atoms with E-state index >= 15 is 0 Å². The van der Waals surface area contributed by atoms with E-state index in [1.54, 1.807) is 10.4 Å². The minimum absolute atomic E-state index is 0. The number of benzene rings is 3. The zero-order chi connectivity index (χ0) is 27.4. The highest BCUT2D eigenvalue weighted by Gasteiger charge is 2.26. The number of sulfonamides is 1. The standard InChI is InChI=1S/C30H39Cl2N2O2S.BrH/c1-22-13-23(2)16-26(15-22)20-33(37(35,36)28-9-10-29(31)30(32)19-28)11-7-8-12-34(5,6)21-27-17-24(3)14-25(4)18-27;/h9-10,13-19H,7-8,11-12,20-21H2,1-6H3;1H/q+1;/p-1. The van der Waals surface area contributed by atoms with Crippen molar-refractivity contribution in [1.82, 2.24) is 4.31 Å². The Morgan fingerprint density at radius 1 is 0.737 bits per heavy atom. The fourth-order valence-corrected chi connectivity index (χ4v) is 6.85. The van der Waals surface area contributed by atoms with Gasteiger partial charge in [-0.2, -0.15) is 4.31 Å². The Hall–Kier alpha value is -1.41. The molecule has 0 N–H and O–H groups in total. The molecule has 4 nitrogen and oxygen atoms in total. The molecule has 0 aliphatic rings. The van der Waals surface area contributed by atoms with Gasteiger partial charge in [-0.15, -0.1) is 0 Å². The van der Waals surface area contributed by atoms with Crippen LogP contribution >= 0.6 is 23.2 Å². The van der Waals surface area contributed by atoms with Crippen LogP contribution in [0.5, 0.6) is 0 Å². The Kier molecular flexibility index (Phi) is 11.9. The molecule has 0 bridgehead atoms. The van der Waals surface area contributed by atoms with E-state index in [4.69, 9.17) is 23.2 Å². The second kappa shape index (κ2) is 13.8. The van der Waals surface area contributed by atoms with Gasteiger partial charge in [0.15, 0.2) is 0 Å². The molecule has 0 aliphatic heterocycles. The first-order valence-electron chi connectivity index (χ1n) is 12.7. The van der Waals surface area contributed by atoms with Gasteiger partial charge in [0.2, 0.25) is 10.0 Å². The largest absolute Gasteiger partial charge is 1.00 e. The minimum atomic E-state index is -3.75. The van der Waals surface area contributed by atoms with E-state index < -0.39 is 10.0 Å². The molecule has 208 valence electrons. The van der Waals surface area contributed by atoms with Crippen molar-refractivity contribution in [3.05, 3.63) is 98.0 Å². The lowest BCUT2D eigenvalue weighted by Crippen LogP contribution is -3.00. The van der Waals surface area contributed by atoms with Gasteiger partial charge in [-0.25, -0.2) is 8.42 Å². The van der Waals surface area contributed by atoms with Crippen LogP contribution in [-0.2, 0) is 23.1 Å². The van der Waals surface area contributed by atoms with Crippen LogP contribution in [0.4, 0.5) is 0 Å². The van der Waals surface area contributed by atoms with E-state index in [9.17, 15) is 8.42 Å². The Labute approximate surface area is 250 Å². The quantitative estimate of drug-likeness (QED) is 0.229. The van der Waals surface area contributed by atoms with E-state index in [1.807, 2.05) is 26.0 Å². The highest BCUT2D eigenvalue weighted by molar-refractivity contribution is 7.89. The second-order valence-corrected chi connectivity index (χ2v) is 13.7. The normalized spacial score (nSPS) is 12.0. The number of nitrogens with zero attached hydrogens (tertiary/aromatic N) is 2. The van der Waals surface area contributed by atoms with Gasteiger partial charge in [-0.1, -0.05) is 81.9 Å². The number of halogens is 3. The van der Waals surface area contributed by atoms with E-state index in [1.165, 1.54) is 28.8 Å². The lowest BCUT2D eigenvalue weighted by molar-refractivity contribution is -0.903. The highest BCUT2D eigenvalue weighted by atomic mass is 79.9. The van der Waals surface area contributed by atoms with Crippen LogP contribution in [0.25, 0.3) is 0 Å². The van der Waals surface area contributed by atoms with Gasteiger partial charge in [0.1, 0.15) is 6.54 Å². The van der Waals surface area contributed by atoms with Crippen LogP contribution in [0.1, 0.15) is 46.2 Å². The number of aryl methyl sites for hydroxylation is 4. The average Bonchev–Trinajstić information content (AvgIpc) is 2.75. The Morgan fingerprint density at radius 2 is 1.26 bits per heavy atom. The van der Waals surface area contributed by atoms with Crippen LogP contribution in [0.15, 0.2) is 59.5 Å². The van der Waals surface area contributed by atoms with Crippen LogP contribution < -0.4 is 17.0 Å². The smallest absolute Gasteiger partial charge is 0.243 e.